The van der Waals surface area contributed by atoms with Crippen molar-refractivity contribution in [3.8, 4) is 0 Å². The first-order chi connectivity index (χ1) is 8.13. The second kappa shape index (κ2) is 5.51. The van der Waals surface area contributed by atoms with Crippen LogP contribution in [0.4, 0.5) is 0 Å². The molecule has 1 aliphatic rings. The van der Waals surface area contributed by atoms with Crippen LogP contribution in [0, 0.1) is 5.92 Å². The standard InChI is InChI=1S/C14H21BrN2/c1-10(11-5-7-13(15)8-6-11)17(2)14(9-16)12-3-4-12/h5-8,10,12,14H,3-4,9,16H2,1-2H3. The maximum absolute atomic E-state index is 5.91. The van der Waals surface area contributed by atoms with Gasteiger partial charge in [-0.25, -0.2) is 0 Å². The molecule has 2 rings (SSSR count). The molecule has 0 aliphatic heterocycles. The van der Waals surface area contributed by atoms with E-state index in [0.29, 0.717) is 12.1 Å². The fourth-order valence-electron chi connectivity index (χ4n) is 2.44. The first-order valence-corrected chi connectivity index (χ1v) is 7.10. The molecule has 0 aromatic heterocycles. The van der Waals surface area contributed by atoms with Crippen molar-refractivity contribution >= 4 is 15.9 Å². The number of halogens is 1. The Morgan fingerprint density at radius 2 is 1.94 bits per heavy atom. The maximum atomic E-state index is 5.91. The van der Waals surface area contributed by atoms with Gasteiger partial charge in [0.1, 0.15) is 0 Å². The minimum absolute atomic E-state index is 0.428. The number of benzene rings is 1. The van der Waals surface area contributed by atoms with Gasteiger partial charge in [-0.1, -0.05) is 28.1 Å². The van der Waals surface area contributed by atoms with Crippen LogP contribution in [-0.2, 0) is 0 Å². The SMILES string of the molecule is CC(c1ccc(Br)cc1)N(C)C(CN)C1CC1. The first-order valence-electron chi connectivity index (χ1n) is 6.31. The van der Waals surface area contributed by atoms with Crippen molar-refractivity contribution in [2.45, 2.75) is 31.8 Å². The quantitative estimate of drug-likeness (QED) is 0.904. The zero-order chi connectivity index (χ0) is 12.4. The number of hydrogen-bond donors (Lipinski definition) is 1. The molecular formula is C14H21BrN2. The zero-order valence-corrected chi connectivity index (χ0v) is 12.2. The molecule has 94 valence electrons. The molecule has 0 amide bonds. The molecule has 1 aromatic rings. The van der Waals surface area contributed by atoms with Crippen molar-refractivity contribution in [3.63, 3.8) is 0 Å². The average Bonchev–Trinajstić information content (AvgIpc) is 3.14. The van der Waals surface area contributed by atoms with Crippen molar-refractivity contribution in [1.82, 2.24) is 4.90 Å². The third-order valence-corrected chi connectivity index (χ3v) is 4.42. The van der Waals surface area contributed by atoms with Gasteiger partial charge in [-0.05, 0) is 50.4 Å². The van der Waals surface area contributed by atoms with Gasteiger partial charge < -0.3 is 5.73 Å². The van der Waals surface area contributed by atoms with E-state index in [1.54, 1.807) is 0 Å². The third kappa shape index (κ3) is 3.09. The summed E-state index contributed by atoms with van der Waals surface area (Å²) in [5.74, 6) is 0.822. The van der Waals surface area contributed by atoms with E-state index in [-0.39, 0.29) is 0 Å². The summed E-state index contributed by atoms with van der Waals surface area (Å²) in [4.78, 5) is 2.43. The van der Waals surface area contributed by atoms with Crippen molar-refractivity contribution < 1.29 is 0 Å². The summed E-state index contributed by atoms with van der Waals surface area (Å²) in [6.07, 6.45) is 2.69. The van der Waals surface area contributed by atoms with Crippen LogP contribution in [0.15, 0.2) is 28.7 Å². The summed E-state index contributed by atoms with van der Waals surface area (Å²) in [5.41, 5.74) is 7.26. The molecule has 0 radical (unpaired) electrons. The summed E-state index contributed by atoms with van der Waals surface area (Å²) < 4.78 is 1.13. The van der Waals surface area contributed by atoms with Crippen LogP contribution in [0.1, 0.15) is 31.4 Å². The lowest BCUT2D eigenvalue weighted by Gasteiger charge is -2.33. The maximum Gasteiger partial charge on any atom is 0.0320 e. The molecule has 0 spiro atoms. The topological polar surface area (TPSA) is 29.3 Å². The molecule has 2 unspecified atom stereocenters. The zero-order valence-electron chi connectivity index (χ0n) is 10.6. The molecule has 1 aromatic carbocycles. The lowest BCUT2D eigenvalue weighted by molar-refractivity contribution is 0.170. The molecular weight excluding hydrogens is 276 g/mol. The van der Waals surface area contributed by atoms with Gasteiger partial charge in [-0.15, -0.1) is 0 Å². The van der Waals surface area contributed by atoms with Crippen LogP contribution in [0.25, 0.3) is 0 Å². The molecule has 1 aliphatic carbocycles. The second-order valence-corrected chi connectivity index (χ2v) is 5.95. The Bertz CT molecular complexity index is 359. The molecule has 1 saturated carbocycles. The molecule has 1 fully saturated rings. The van der Waals surface area contributed by atoms with Gasteiger partial charge in [0.05, 0.1) is 0 Å². The predicted octanol–water partition coefficient (Wildman–Crippen LogP) is 3.18. The van der Waals surface area contributed by atoms with Gasteiger partial charge >= 0.3 is 0 Å². The Hall–Kier alpha value is -0.380. The molecule has 3 heteroatoms. The number of nitrogens with zero attached hydrogens (tertiary/aromatic N) is 1. The highest BCUT2D eigenvalue weighted by Gasteiger charge is 2.34. The highest BCUT2D eigenvalue weighted by molar-refractivity contribution is 9.10. The summed E-state index contributed by atoms with van der Waals surface area (Å²) >= 11 is 3.47. The van der Waals surface area contributed by atoms with Crippen LogP contribution < -0.4 is 5.73 Å². The summed E-state index contributed by atoms with van der Waals surface area (Å²) in [5, 5.41) is 0. The summed E-state index contributed by atoms with van der Waals surface area (Å²) in [6, 6.07) is 9.55. The number of rotatable bonds is 5. The van der Waals surface area contributed by atoms with Crippen LogP contribution in [0.5, 0.6) is 0 Å². The van der Waals surface area contributed by atoms with E-state index >= 15 is 0 Å². The number of hydrogen-bond acceptors (Lipinski definition) is 2. The van der Waals surface area contributed by atoms with Crippen LogP contribution in [0.2, 0.25) is 0 Å². The van der Waals surface area contributed by atoms with Crippen LogP contribution in [0.3, 0.4) is 0 Å². The van der Waals surface area contributed by atoms with E-state index in [1.807, 2.05) is 0 Å². The molecule has 0 bridgehead atoms. The molecule has 2 nitrogen and oxygen atoms in total. The van der Waals surface area contributed by atoms with Crippen LogP contribution in [-0.4, -0.2) is 24.5 Å². The van der Waals surface area contributed by atoms with E-state index < -0.39 is 0 Å². The Morgan fingerprint density at radius 3 is 2.41 bits per heavy atom. The minimum atomic E-state index is 0.428. The Morgan fingerprint density at radius 1 is 1.35 bits per heavy atom. The molecule has 0 saturated heterocycles. The lowest BCUT2D eigenvalue weighted by atomic mass is 10.0. The second-order valence-electron chi connectivity index (χ2n) is 5.03. The average molecular weight is 297 g/mol. The fraction of sp³-hybridized carbons (Fsp3) is 0.571. The van der Waals surface area contributed by atoms with Gasteiger partial charge in [0.2, 0.25) is 0 Å². The van der Waals surface area contributed by atoms with Crippen molar-refractivity contribution in [2.75, 3.05) is 13.6 Å². The van der Waals surface area contributed by atoms with Gasteiger partial charge in [0, 0.05) is 23.1 Å². The molecule has 2 atom stereocenters. The van der Waals surface area contributed by atoms with Gasteiger partial charge in [0.25, 0.3) is 0 Å². The van der Waals surface area contributed by atoms with Crippen molar-refractivity contribution in [3.05, 3.63) is 34.3 Å². The van der Waals surface area contributed by atoms with E-state index in [9.17, 15) is 0 Å². The highest BCUT2D eigenvalue weighted by atomic mass is 79.9. The molecule has 17 heavy (non-hydrogen) atoms. The minimum Gasteiger partial charge on any atom is -0.329 e. The predicted molar refractivity (Wildman–Crippen MR) is 75.9 cm³/mol. The summed E-state index contributed by atoms with van der Waals surface area (Å²) in [6.45, 7) is 3.02. The first kappa shape index (κ1) is 13.1. The Labute approximate surface area is 112 Å². The van der Waals surface area contributed by atoms with E-state index in [0.717, 1.165) is 16.9 Å². The van der Waals surface area contributed by atoms with E-state index in [1.165, 1.54) is 18.4 Å². The van der Waals surface area contributed by atoms with Crippen LogP contribution >= 0.6 is 15.9 Å². The lowest BCUT2D eigenvalue weighted by Crippen LogP contribution is -2.41. The number of likely N-dealkylation sites (N-methyl/N-ethyl adjacent to an activating group) is 1. The van der Waals surface area contributed by atoms with Gasteiger partial charge in [-0.2, -0.15) is 0 Å². The monoisotopic (exact) mass is 296 g/mol. The Balaban J connectivity index is 2.07. The number of nitrogens with two attached hydrogens (primary N) is 1. The Kier molecular flexibility index (Phi) is 4.23. The van der Waals surface area contributed by atoms with E-state index in [2.05, 4.69) is 59.1 Å². The van der Waals surface area contributed by atoms with Crippen molar-refractivity contribution in [1.29, 1.82) is 0 Å². The van der Waals surface area contributed by atoms with Crippen molar-refractivity contribution in [2.24, 2.45) is 11.7 Å². The molecule has 0 heterocycles. The highest BCUT2D eigenvalue weighted by Crippen LogP contribution is 2.37. The molecule has 2 N–H and O–H groups in total. The smallest absolute Gasteiger partial charge is 0.0320 e. The largest absolute Gasteiger partial charge is 0.329 e. The van der Waals surface area contributed by atoms with Gasteiger partial charge in [-0.3, -0.25) is 4.90 Å². The summed E-state index contributed by atoms with van der Waals surface area (Å²) in [7, 11) is 2.20. The fourth-order valence-corrected chi connectivity index (χ4v) is 2.70. The van der Waals surface area contributed by atoms with Gasteiger partial charge in [0.15, 0.2) is 0 Å². The normalized spacial score (nSPS) is 19.4. The third-order valence-electron chi connectivity index (χ3n) is 3.89. The van der Waals surface area contributed by atoms with E-state index in [4.69, 9.17) is 5.73 Å².